The van der Waals surface area contributed by atoms with Gasteiger partial charge in [0.1, 0.15) is 35.3 Å². The fraction of sp³-hybridized carbons (Fsp3) is 0.650. The van der Waals surface area contributed by atoms with Crippen LogP contribution in [0.3, 0.4) is 0 Å². The summed E-state index contributed by atoms with van der Waals surface area (Å²) in [5.41, 5.74) is 0.860. The summed E-state index contributed by atoms with van der Waals surface area (Å²) in [6.07, 6.45) is 22.8. The molecule has 0 heterocycles. The normalized spacial score (nSPS) is 21.6. The summed E-state index contributed by atoms with van der Waals surface area (Å²) in [6, 6.07) is 10.2. The summed E-state index contributed by atoms with van der Waals surface area (Å²) < 4.78 is 37.8. The Morgan fingerprint density at radius 2 is 0.956 bits per heavy atom. The number of hydrogen-bond donors (Lipinski definition) is 0. The molecule has 0 amide bonds. The van der Waals surface area contributed by atoms with Crippen molar-refractivity contribution in [3.8, 4) is 23.6 Å². The van der Waals surface area contributed by atoms with E-state index >= 15 is 8.78 Å². The van der Waals surface area contributed by atoms with Crippen LogP contribution in [-0.2, 0) is 12.8 Å². The molecule has 2 fully saturated rings. The first kappa shape index (κ1) is 34.9. The molecule has 0 aromatic heterocycles. The first-order valence-corrected chi connectivity index (χ1v) is 18.1. The van der Waals surface area contributed by atoms with Crippen LogP contribution in [0.1, 0.15) is 152 Å². The fourth-order valence-electron chi connectivity index (χ4n) is 7.82. The fourth-order valence-corrected chi connectivity index (χ4v) is 7.82. The van der Waals surface area contributed by atoms with E-state index in [4.69, 9.17) is 4.74 Å². The molecule has 2 saturated carbocycles. The molecule has 2 aliphatic carbocycles. The van der Waals surface area contributed by atoms with Crippen LogP contribution in [0.5, 0.6) is 11.5 Å². The lowest BCUT2D eigenvalue weighted by Crippen LogP contribution is -2.18. The van der Waals surface area contributed by atoms with Gasteiger partial charge in [-0.05, 0) is 86.5 Å². The smallest absolute Gasteiger partial charge is 0.147 e. The average Bonchev–Trinajstić information content (AvgIpc) is 3.06. The zero-order chi connectivity index (χ0) is 32.0. The van der Waals surface area contributed by atoms with E-state index in [1.165, 1.54) is 102 Å². The number of nitrogens with zero attached hydrogens (tertiary/aromatic N) is 2. The van der Waals surface area contributed by atoms with Crippen LogP contribution < -0.4 is 4.74 Å². The van der Waals surface area contributed by atoms with Crippen LogP contribution in [0.4, 0.5) is 8.78 Å². The number of unbranched alkanes of at least 4 members (excludes halogenated alkanes) is 6. The van der Waals surface area contributed by atoms with Crippen LogP contribution in [-0.4, -0.2) is 0 Å². The summed E-state index contributed by atoms with van der Waals surface area (Å²) in [5, 5.41) is 19.2. The number of nitriles is 2. The van der Waals surface area contributed by atoms with Gasteiger partial charge in [0, 0.05) is 11.1 Å². The molecule has 0 radical (unpaired) electrons. The highest BCUT2D eigenvalue weighted by atomic mass is 19.1. The van der Waals surface area contributed by atoms with Gasteiger partial charge < -0.3 is 4.74 Å². The molecular weight excluding hydrogens is 562 g/mol. The highest BCUT2D eigenvalue weighted by Gasteiger charge is 2.27. The Morgan fingerprint density at radius 3 is 1.31 bits per heavy atom. The van der Waals surface area contributed by atoms with E-state index in [1.807, 2.05) is 12.1 Å². The molecule has 0 unspecified atom stereocenters. The molecule has 4 rings (SSSR count). The van der Waals surface area contributed by atoms with Gasteiger partial charge >= 0.3 is 0 Å². The monoisotopic (exact) mass is 616 g/mol. The third-order valence-electron chi connectivity index (χ3n) is 10.7. The number of halogens is 2. The van der Waals surface area contributed by atoms with Crippen molar-refractivity contribution in [2.75, 3.05) is 0 Å². The molecule has 5 heteroatoms. The first-order valence-electron chi connectivity index (χ1n) is 18.1. The zero-order valence-electron chi connectivity index (χ0n) is 27.8. The number of hydrogen-bond acceptors (Lipinski definition) is 3. The second-order valence-corrected chi connectivity index (χ2v) is 14.0. The molecule has 0 saturated heterocycles. The Balaban J connectivity index is 1.46. The molecule has 2 aromatic rings. The Kier molecular flexibility index (Phi) is 14.2. The van der Waals surface area contributed by atoms with Gasteiger partial charge in [-0.2, -0.15) is 10.5 Å². The predicted molar refractivity (Wildman–Crippen MR) is 178 cm³/mol. The highest BCUT2D eigenvalue weighted by Crippen LogP contribution is 2.41. The van der Waals surface area contributed by atoms with Gasteiger partial charge in [0.2, 0.25) is 0 Å². The highest BCUT2D eigenvalue weighted by molar-refractivity contribution is 5.49. The Hall–Kier alpha value is -2.92. The predicted octanol–water partition coefficient (Wildman–Crippen LogP) is 12.1. The van der Waals surface area contributed by atoms with Gasteiger partial charge in [-0.15, -0.1) is 0 Å². The molecule has 0 aliphatic heterocycles. The van der Waals surface area contributed by atoms with E-state index in [-0.39, 0.29) is 11.1 Å². The number of ether oxygens (including phenoxy) is 1. The zero-order valence-corrected chi connectivity index (χ0v) is 27.8. The molecule has 0 N–H and O–H groups in total. The van der Waals surface area contributed by atoms with Crippen molar-refractivity contribution < 1.29 is 13.5 Å². The molecule has 0 atom stereocenters. The van der Waals surface area contributed by atoms with Crippen molar-refractivity contribution in [3.63, 3.8) is 0 Å². The van der Waals surface area contributed by atoms with Crippen molar-refractivity contribution in [1.82, 2.24) is 0 Å². The Morgan fingerprint density at radius 1 is 0.578 bits per heavy atom. The lowest BCUT2D eigenvalue weighted by molar-refractivity contribution is 0.253. The van der Waals surface area contributed by atoms with Crippen molar-refractivity contribution in [2.24, 2.45) is 23.7 Å². The van der Waals surface area contributed by atoms with Crippen molar-refractivity contribution >= 4 is 0 Å². The van der Waals surface area contributed by atoms with Gasteiger partial charge in [-0.3, -0.25) is 0 Å². The number of rotatable bonds is 16. The van der Waals surface area contributed by atoms with Gasteiger partial charge in [0.25, 0.3) is 0 Å². The third-order valence-corrected chi connectivity index (χ3v) is 10.7. The SMILES string of the molecule is CCCCCCC1CCC(Cc2c(Oc3ccc(C#N)c(F)c3CC3CCC(CCCCCC)CC3)ccc(C#N)c2F)CC1. The molecule has 2 aliphatic rings. The molecule has 0 bridgehead atoms. The van der Waals surface area contributed by atoms with Crippen LogP contribution >= 0.6 is 0 Å². The van der Waals surface area contributed by atoms with Crippen molar-refractivity contribution in [3.05, 3.63) is 58.2 Å². The molecule has 45 heavy (non-hydrogen) atoms. The average molecular weight is 617 g/mol. The molecule has 244 valence electrons. The summed E-state index contributed by atoms with van der Waals surface area (Å²) in [5.74, 6) is 1.83. The van der Waals surface area contributed by atoms with E-state index in [0.29, 0.717) is 47.3 Å². The standard InChI is InChI=1S/C40H54F2N2O/c1-3-5-7-9-11-29-13-17-31(18-14-29)25-35-37(23-21-33(27-43)39(35)41)45-38-24-22-34(28-44)40(42)36(38)26-32-19-15-30(16-20-32)12-10-8-6-4-2/h21-24,29-32H,3-20,25-26H2,1-2H3. The summed E-state index contributed by atoms with van der Waals surface area (Å²) >= 11 is 0. The summed E-state index contributed by atoms with van der Waals surface area (Å²) in [6.45, 7) is 4.48. The Bertz CT molecular complexity index is 1190. The quantitative estimate of drug-likeness (QED) is 0.176. The third kappa shape index (κ3) is 10.0. The maximum atomic E-state index is 15.7. The van der Waals surface area contributed by atoms with Gasteiger partial charge in [-0.25, -0.2) is 8.78 Å². The van der Waals surface area contributed by atoms with E-state index < -0.39 is 11.6 Å². The second kappa shape index (κ2) is 18.3. The molecule has 3 nitrogen and oxygen atoms in total. The van der Waals surface area contributed by atoms with E-state index in [0.717, 1.165) is 37.5 Å². The number of benzene rings is 2. The summed E-state index contributed by atoms with van der Waals surface area (Å²) in [4.78, 5) is 0. The minimum atomic E-state index is -0.524. The van der Waals surface area contributed by atoms with Crippen molar-refractivity contribution in [2.45, 2.75) is 142 Å². The maximum Gasteiger partial charge on any atom is 0.147 e. The van der Waals surface area contributed by atoms with E-state index in [1.54, 1.807) is 12.1 Å². The topological polar surface area (TPSA) is 56.8 Å². The molecule has 0 spiro atoms. The van der Waals surface area contributed by atoms with Gasteiger partial charge in [0.05, 0.1) is 11.1 Å². The minimum Gasteiger partial charge on any atom is -0.457 e. The maximum absolute atomic E-state index is 15.7. The van der Waals surface area contributed by atoms with Crippen LogP contribution in [0, 0.1) is 58.0 Å². The van der Waals surface area contributed by atoms with Crippen LogP contribution in [0.25, 0.3) is 0 Å². The van der Waals surface area contributed by atoms with Crippen LogP contribution in [0.2, 0.25) is 0 Å². The van der Waals surface area contributed by atoms with Gasteiger partial charge in [0.15, 0.2) is 0 Å². The lowest BCUT2D eigenvalue weighted by atomic mass is 9.77. The molecule has 2 aromatic carbocycles. The van der Waals surface area contributed by atoms with Gasteiger partial charge in [-0.1, -0.05) is 104 Å². The minimum absolute atomic E-state index is 0.0136. The van der Waals surface area contributed by atoms with Crippen LogP contribution in [0.15, 0.2) is 24.3 Å². The first-order chi connectivity index (χ1) is 22.0. The largest absolute Gasteiger partial charge is 0.457 e. The Labute approximate surface area is 271 Å². The lowest BCUT2D eigenvalue weighted by Gasteiger charge is -2.30. The van der Waals surface area contributed by atoms with Crippen molar-refractivity contribution in [1.29, 1.82) is 10.5 Å². The summed E-state index contributed by atoms with van der Waals surface area (Å²) in [7, 11) is 0. The second-order valence-electron chi connectivity index (χ2n) is 14.0. The molecular formula is C40H54F2N2O. The van der Waals surface area contributed by atoms with E-state index in [9.17, 15) is 10.5 Å². The van der Waals surface area contributed by atoms with E-state index in [2.05, 4.69) is 13.8 Å².